The third-order valence-electron chi connectivity index (χ3n) is 3.24. The first kappa shape index (κ1) is 21.8. The second kappa shape index (κ2) is 9.15. The number of sulfonamides is 1. The molecule has 0 atom stereocenters. The van der Waals surface area contributed by atoms with E-state index in [1.807, 2.05) is 0 Å². The van der Waals surface area contributed by atoms with E-state index in [9.17, 15) is 22.8 Å². The molecule has 0 aromatic heterocycles. The van der Waals surface area contributed by atoms with E-state index in [0.717, 1.165) is 22.7 Å². The van der Waals surface area contributed by atoms with Gasteiger partial charge in [0.15, 0.2) is 6.61 Å². The van der Waals surface area contributed by atoms with Crippen molar-refractivity contribution in [2.45, 2.75) is 4.90 Å². The van der Waals surface area contributed by atoms with E-state index in [2.05, 4.69) is 26.8 Å². The molecule has 0 radical (unpaired) electrons. The zero-order valence-corrected chi connectivity index (χ0v) is 17.1. The van der Waals surface area contributed by atoms with Crippen LogP contribution >= 0.6 is 27.5 Å². The summed E-state index contributed by atoms with van der Waals surface area (Å²) in [5, 5.41) is 4.91. The summed E-state index contributed by atoms with van der Waals surface area (Å²) in [7, 11) is -4.05. The van der Waals surface area contributed by atoms with Crippen LogP contribution in [0.5, 0.6) is 0 Å². The van der Waals surface area contributed by atoms with Gasteiger partial charge in [0.1, 0.15) is 0 Å². The number of nitrogens with two attached hydrogens (primary N) is 1. The normalized spacial score (nSPS) is 10.8. The van der Waals surface area contributed by atoms with Crippen LogP contribution in [0, 0.1) is 0 Å². The third kappa shape index (κ3) is 6.02. The third-order valence-corrected chi connectivity index (χ3v) is 5.01. The number of hydrazine groups is 1. The van der Waals surface area contributed by atoms with Crippen molar-refractivity contribution in [3.05, 3.63) is 63.1 Å². The van der Waals surface area contributed by atoms with Crippen LogP contribution in [0.3, 0.4) is 0 Å². The smallest absolute Gasteiger partial charge is 0.340 e. The summed E-state index contributed by atoms with van der Waals surface area (Å²) in [4.78, 5) is 35.3. The van der Waals surface area contributed by atoms with E-state index in [0.29, 0.717) is 5.56 Å². The van der Waals surface area contributed by atoms with Crippen molar-refractivity contribution in [2.75, 3.05) is 6.61 Å². The van der Waals surface area contributed by atoms with Crippen LogP contribution in [0.15, 0.2) is 51.8 Å². The minimum Gasteiger partial charge on any atom is -0.452 e. The number of rotatable bonds is 5. The fourth-order valence-corrected chi connectivity index (χ4v) is 2.88. The SMILES string of the molecule is NS(=O)(=O)c1ccc(Cl)c(C(=O)OCC(=O)NNC(=O)c2ccc(Br)cc2)c1. The van der Waals surface area contributed by atoms with Crippen LogP contribution in [-0.2, 0) is 19.6 Å². The summed E-state index contributed by atoms with van der Waals surface area (Å²) in [5.41, 5.74) is 4.25. The molecule has 0 aliphatic heterocycles. The first-order chi connectivity index (χ1) is 13.1. The van der Waals surface area contributed by atoms with Gasteiger partial charge in [-0.25, -0.2) is 18.4 Å². The highest BCUT2D eigenvalue weighted by Crippen LogP contribution is 2.20. The minimum atomic E-state index is -4.05. The van der Waals surface area contributed by atoms with Crippen molar-refractivity contribution in [1.82, 2.24) is 10.9 Å². The molecule has 4 N–H and O–H groups in total. The Kier molecular flexibility index (Phi) is 7.13. The van der Waals surface area contributed by atoms with Crippen LogP contribution in [0.4, 0.5) is 0 Å². The highest BCUT2D eigenvalue weighted by atomic mass is 79.9. The summed E-state index contributed by atoms with van der Waals surface area (Å²) in [6.07, 6.45) is 0. The second-order valence-corrected chi connectivity index (χ2v) is 8.16. The Morgan fingerprint density at radius 3 is 2.32 bits per heavy atom. The summed E-state index contributed by atoms with van der Waals surface area (Å²) < 4.78 is 28.2. The quantitative estimate of drug-likeness (QED) is 0.426. The number of halogens is 2. The maximum atomic E-state index is 12.0. The Labute approximate surface area is 173 Å². The van der Waals surface area contributed by atoms with Gasteiger partial charge in [-0.1, -0.05) is 27.5 Å². The lowest BCUT2D eigenvalue weighted by Crippen LogP contribution is -2.43. The van der Waals surface area contributed by atoms with Crippen LogP contribution in [0.1, 0.15) is 20.7 Å². The predicted octanol–water partition coefficient (Wildman–Crippen LogP) is 1.37. The molecule has 0 spiro atoms. The molecule has 2 rings (SSSR count). The van der Waals surface area contributed by atoms with Crippen molar-refractivity contribution >= 4 is 55.3 Å². The minimum absolute atomic E-state index is 0.0821. The second-order valence-electron chi connectivity index (χ2n) is 5.27. The monoisotopic (exact) mass is 489 g/mol. The average Bonchev–Trinajstić information content (AvgIpc) is 2.64. The lowest BCUT2D eigenvalue weighted by atomic mass is 10.2. The van der Waals surface area contributed by atoms with E-state index in [1.54, 1.807) is 12.1 Å². The number of ether oxygens (including phenoxy) is 1. The number of hydrogen-bond acceptors (Lipinski definition) is 6. The average molecular weight is 491 g/mol. The molecule has 0 saturated heterocycles. The predicted molar refractivity (Wildman–Crippen MR) is 103 cm³/mol. The Bertz CT molecular complexity index is 1030. The van der Waals surface area contributed by atoms with Crippen molar-refractivity contribution < 1.29 is 27.5 Å². The van der Waals surface area contributed by atoms with E-state index < -0.39 is 34.4 Å². The van der Waals surface area contributed by atoms with Gasteiger partial charge in [-0.2, -0.15) is 0 Å². The van der Waals surface area contributed by atoms with Crippen LogP contribution in [-0.4, -0.2) is 32.8 Å². The standard InChI is InChI=1S/C16H13BrClN3O6S/c17-10-3-1-9(2-4-10)15(23)21-20-14(22)8-27-16(24)12-7-11(28(19,25)26)5-6-13(12)18/h1-7H,8H2,(H,20,22)(H,21,23)(H2,19,25,26). The van der Waals surface area contributed by atoms with Gasteiger partial charge >= 0.3 is 5.97 Å². The van der Waals surface area contributed by atoms with E-state index in [1.165, 1.54) is 12.1 Å². The van der Waals surface area contributed by atoms with Gasteiger partial charge in [0, 0.05) is 10.0 Å². The maximum absolute atomic E-state index is 12.0. The first-order valence-corrected chi connectivity index (χ1v) is 10.1. The Hall–Kier alpha value is -2.47. The highest BCUT2D eigenvalue weighted by Gasteiger charge is 2.18. The highest BCUT2D eigenvalue weighted by molar-refractivity contribution is 9.10. The van der Waals surface area contributed by atoms with Crippen molar-refractivity contribution in [3.8, 4) is 0 Å². The topological polar surface area (TPSA) is 145 Å². The molecule has 0 saturated carbocycles. The molecule has 0 aliphatic rings. The van der Waals surface area contributed by atoms with Crippen molar-refractivity contribution in [1.29, 1.82) is 0 Å². The molecule has 2 aromatic carbocycles. The molecule has 2 amide bonds. The lowest BCUT2D eigenvalue weighted by molar-refractivity contribution is -0.125. The fraction of sp³-hybridized carbons (Fsp3) is 0.0625. The number of carbonyl (C=O) groups excluding carboxylic acids is 3. The Balaban J connectivity index is 1.91. The van der Waals surface area contributed by atoms with Crippen LogP contribution in [0.25, 0.3) is 0 Å². The summed E-state index contributed by atoms with van der Waals surface area (Å²) in [6, 6.07) is 9.59. The Morgan fingerprint density at radius 1 is 1.07 bits per heavy atom. The number of nitrogens with one attached hydrogen (secondary N) is 2. The molecular weight excluding hydrogens is 478 g/mol. The molecular formula is C16H13BrClN3O6S. The molecule has 12 heteroatoms. The summed E-state index contributed by atoms with van der Waals surface area (Å²) in [5.74, 6) is -2.43. The molecule has 0 bridgehead atoms. The van der Waals surface area contributed by atoms with Crippen LogP contribution in [0.2, 0.25) is 5.02 Å². The molecule has 2 aromatic rings. The van der Waals surface area contributed by atoms with E-state index in [-0.39, 0.29) is 15.5 Å². The molecule has 0 fully saturated rings. The number of carbonyl (C=O) groups is 3. The molecule has 148 valence electrons. The number of hydrogen-bond donors (Lipinski definition) is 3. The first-order valence-electron chi connectivity index (χ1n) is 7.42. The maximum Gasteiger partial charge on any atom is 0.340 e. The zero-order chi connectivity index (χ0) is 20.9. The molecule has 0 heterocycles. The van der Waals surface area contributed by atoms with Gasteiger partial charge in [0.2, 0.25) is 10.0 Å². The molecule has 9 nitrogen and oxygen atoms in total. The largest absolute Gasteiger partial charge is 0.452 e. The molecule has 28 heavy (non-hydrogen) atoms. The molecule has 0 aliphatic carbocycles. The number of benzene rings is 2. The van der Waals surface area contributed by atoms with Gasteiger partial charge in [0.05, 0.1) is 15.5 Å². The van der Waals surface area contributed by atoms with Crippen molar-refractivity contribution in [2.24, 2.45) is 5.14 Å². The van der Waals surface area contributed by atoms with Gasteiger partial charge in [-0.05, 0) is 42.5 Å². The van der Waals surface area contributed by atoms with Gasteiger partial charge in [-0.15, -0.1) is 0 Å². The number of esters is 1. The Morgan fingerprint density at radius 2 is 1.71 bits per heavy atom. The molecule has 0 unspecified atom stereocenters. The van der Waals surface area contributed by atoms with Gasteiger partial charge in [-0.3, -0.25) is 20.4 Å². The fourth-order valence-electron chi connectivity index (χ4n) is 1.88. The number of primary sulfonamides is 1. The van der Waals surface area contributed by atoms with E-state index >= 15 is 0 Å². The summed E-state index contributed by atoms with van der Waals surface area (Å²) in [6.45, 7) is -0.741. The summed E-state index contributed by atoms with van der Waals surface area (Å²) >= 11 is 9.07. The van der Waals surface area contributed by atoms with Gasteiger partial charge in [0.25, 0.3) is 11.8 Å². The lowest BCUT2D eigenvalue weighted by Gasteiger charge is -2.09. The number of amides is 2. The van der Waals surface area contributed by atoms with Crippen LogP contribution < -0.4 is 16.0 Å². The van der Waals surface area contributed by atoms with Gasteiger partial charge < -0.3 is 4.74 Å². The van der Waals surface area contributed by atoms with Crippen molar-refractivity contribution in [3.63, 3.8) is 0 Å². The van der Waals surface area contributed by atoms with E-state index in [4.69, 9.17) is 21.5 Å². The zero-order valence-electron chi connectivity index (χ0n) is 13.9.